The van der Waals surface area contributed by atoms with E-state index < -0.39 is 5.60 Å². The summed E-state index contributed by atoms with van der Waals surface area (Å²) in [6.45, 7) is 3.33. The average Bonchev–Trinajstić information content (AvgIpc) is 3.42. The Balaban J connectivity index is 1.56. The zero-order chi connectivity index (χ0) is 19.0. The first-order valence-electron chi connectivity index (χ1n) is 8.97. The molecule has 0 aliphatic rings. The van der Waals surface area contributed by atoms with Crippen LogP contribution in [0.15, 0.2) is 68.1 Å². The van der Waals surface area contributed by atoms with Gasteiger partial charge in [-0.25, -0.2) is 4.99 Å². The summed E-state index contributed by atoms with van der Waals surface area (Å²) in [5.41, 5.74) is -1.16. The molecule has 27 heavy (non-hydrogen) atoms. The molecule has 0 spiro atoms. The SMILES string of the molecule is CC(O)(CN=C(NCCc1ccco1)NCCc1cccs1)c1ccco1. The van der Waals surface area contributed by atoms with Crippen molar-refractivity contribution in [3.63, 3.8) is 0 Å². The highest BCUT2D eigenvalue weighted by atomic mass is 32.1. The number of guanidine groups is 1. The maximum atomic E-state index is 10.6. The quantitative estimate of drug-likeness (QED) is 0.388. The van der Waals surface area contributed by atoms with Crippen LogP contribution < -0.4 is 10.6 Å². The fourth-order valence-corrected chi connectivity index (χ4v) is 3.30. The van der Waals surface area contributed by atoms with E-state index in [1.54, 1.807) is 42.9 Å². The molecular weight excluding hydrogens is 362 g/mol. The first-order valence-corrected chi connectivity index (χ1v) is 9.85. The molecule has 0 saturated carbocycles. The number of nitrogens with zero attached hydrogens (tertiary/aromatic N) is 1. The highest BCUT2D eigenvalue weighted by molar-refractivity contribution is 7.09. The molecule has 3 aromatic heterocycles. The van der Waals surface area contributed by atoms with Crippen molar-refractivity contribution in [3.8, 4) is 0 Å². The predicted octanol–water partition coefficient (Wildman–Crippen LogP) is 3.16. The van der Waals surface area contributed by atoms with Gasteiger partial charge in [0.25, 0.3) is 0 Å². The summed E-state index contributed by atoms with van der Waals surface area (Å²) >= 11 is 1.74. The van der Waals surface area contributed by atoms with Gasteiger partial charge in [-0.2, -0.15) is 0 Å². The summed E-state index contributed by atoms with van der Waals surface area (Å²) in [6, 6.07) is 11.5. The first kappa shape index (κ1) is 19.3. The fraction of sp³-hybridized carbons (Fsp3) is 0.350. The van der Waals surface area contributed by atoms with Crippen LogP contribution in [0.3, 0.4) is 0 Å². The molecule has 3 rings (SSSR count). The van der Waals surface area contributed by atoms with Gasteiger partial charge in [-0.15, -0.1) is 11.3 Å². The lowest BCUT2D eigenvalue weighted by Crippen LogP contribution is -2.40. The van der Waals surface area contributed by atoms with Gasteiger partial charge in [-0.05, 0) is 49.1 Å². The molecule has 7 heteroatoms. The summed E-state index contributed by atoms with van der Waals surface area (Å²) in [6.07, 6.45) is 4.90. The van der Waals surface area contributed by atoms with Gasteiger partial charge in [0.05, 0.1) is 19.1 Å². The van der Waals surface area contributed by atoms with E-state index >= 15 is 0 Å². The zero-order valence-corrected chi connectivity index (χ0v) is 16.2. The monoisotopic (exact) mass is 387 g/mol. The van der Waals surface area contributed by atoms with Crippen LogP contribution in [-0.2, 0) is 18.4 Å². The molecule has 0 aliphatic heterocycles. The average molecular weight is 388 g/mol. The largest absolute Gasteiger partial charge is 0.469 e. The third-order valence-electron chi connectivity index (χ3n) is 4.08. The van der Waals surface area contributed by atoms with E-state index in [1.807, 2.05) is 12.1 Å². The summed E-state index contributed by atoms with van der Waals surface area (Å²) in [5.74, 6) is 2.08. The topological polar surface area (TPSA) is 82.9 Å². The number of rotatable bonds is 9. The molecule has 0 aromatic carbocycles. The Labute approximate surface area is 162 Å². The Bertz CT molecular complexity index is 752. The molecule has 0 amide bonds. The van der Waals surface area contributed by atoms with Crippen LogP contribution in [0.2, 0.25) is 0 Å². The van der Waals surface area contributed by atoms with Gasteiger partial charge in [-0.1, -0.05) is 6.07 Å². The number of hydrogen-bond acceptors (Lipinski definition) is 5. The molecule has 0 aliphatic carbocycles. The molecule has 6 nitrogen and oxygen atoms in total. The Kier molecular flexibility index (Phi) is 6.73. The lowest BCUT2D eigenvalue weighted by molar-refractivity contribution is 0.0437. The van der Waals surface area contributed by atoms with Gasteiger partial charge in [0.15, 0.2) is 5.96 Å². The van der Waals surface area contributed by atoms with Crippen LogP contribution in [0.5, 0.6) is 0 Å². The summed E-state index contributed by atoms with van der Waals surface area (Å²) in [4.78, 5) is 5.87. The number of nitrogens with one attached hydrogen (secondary N) is 2. The van der Waals surface area contributed by atoms with Gasteiger partial charge in [0.2, 0.25) is 0 Å². The van der Waals surface area contributed by atoms with Crippen molar-refractivity contribution in [1.82, 2.24) is 10.6 Å². The Morgan fingerprint density at radius 2 is 1.85 bits per heavy atom. The highest BCUT2D eigenvalue weighted by Gasteiger charge is 2.26. The summed E-state index contributed by atoms with van der Waals surface area (Å²) < 4.78 is 10.7. The standard InChI is InChI=1S/C20H25N3O3S/c1-20(24,18-7-3-13-26-18)15-23-19(21-10-8-16-5-2-12-25-16)22-11-9-17-6-4-14-27-17/h2-7,12-14,24H,8-11,15H2,1H3,(H2,21,22,23). The lowest BCUT2D eigenvalue weighted by atomic mass is 10.0. The van der Waals surface area contributed by atoms with E-state index in [9.17, 15) is 5.11 Å². The minimum atomic E-state index is -1.16. The molecule has 3 aromatic rings. The van der Waals surface area contributed by atoms with E-state index in [0.29, 0.717) is 18.3 Å². The normalized spacial score (nSPS) is 14.1. The second-order valence-corrected chi connectivity index (χ2v) is 7.46. The van der Waals surface area contributed by atoms with E-state index in [2.05, 4.69) is 33.1 Å². The Morgan fingerprint density at radius 1 is 1.07 bits per heavy atom. The molecular formula is C20H25N3O3S. The van der Waals surface area contributed by atoms with Crippen molar-refractivity contribution < 1.29 is 13.9 Å². The fourth-order valence-electron chi connectivity index (χ4n) is 2.59. The van der Waals surface area contributed by atoms with Crippen LogP contribution in [0.1, 0.15) is 23.3 Å². The van der Waals surface area contributed by atoms with E-state index in [4.69, 9.17) is 8.83 Å². The van der Waals surface area contributed by atoms with Crippen LogP contribution in [0.25, 0.3) is 0 Å². The van der Waals surface area contributed by atoms with Crippen LogP contribution in [0.4, 0.5) is 0 Å². The minimum absolute atomic E-state index is 0.190. The predicted molar refractivity (Wildman–Crippen MR) is 107 cm³/mol. The lowest BCUT2D eigenvalue weighted by Gasteiger charge is -2.19. The minimum Gasteiger partial charge on any atom is -0.469 e. The van der Waals surface area contributed by atoms with Gasteiger partial charge < -0.3 is 24.6 Å². The zero-order valence-electron chi connectivity index (χ0n) is 15.4. The molecule has 0 saturated heterocycles. The van der Waals surface area contributed by atoms with E-state index in [-0.39, 0.29) is 6.54 Å². The summed E-state index contributed by atoms with van der Waals surface area (Å²) in [5, 5.41) is 19.3. The number of thiophene rings is 1. The van der Waals surface area contributed by atoms with Crippen molar-refractivity contribution in [2.75, 3.05) is 19.6 Å². The number of aliphatic imine (C=N–C) groups is 1. The number of aliphatic hydroxyl groups is 1. The molecule has 0 bridgehead atoms. The molecule has 0 fully saturated rings. The van der Waals surface area contributed by atoms with Gasteiger partial charge in [0, 0.05) is 24.4 Å². The number of furan rings is 2. The number of hydrogen-bond donors (Lipinski definition) is 3. The van der Waals surface area contributed by atoms with E-state index in [1.165, 1.54) is 4.88 Å². The van der Waals surface area contributed by atoms with Crippen LogP contribution in [0, 0.1) is 0 Å². The third kappa shape index (κ3) is 6.01. The summed E-state index contributed by atoms with van der Waals surface area (Å²) in [7, 11) is 0. The molecule has 3 N–H and O–H groups in total. The molecule has 0 radical (unpaired) electrons. The van der Waals surface area contributed by atoms with Crippen molar-refractivity contribution in [2.24, 2.45) is 4.99 Å². The first-order chi connectivity index (χ1) is 13.1. The molecule has 3 heterocycles. The highest BCUT2D eigenvalue weighted by Crippen LogP contribution is 2.21. The second kappa shape index (κ2) is 9.43. The molecule has 144 valence electrons. The maximum absolute atomic E-state index is 10.6. The van der Waals surface area contributed by atoms with Crippen molar-refractivity contribution in [2.45, 2.75) is 25.4 Å². The van der Waals surface area contributed by atoms with Gasteiger partial charge >= 0.3 is 0 Å². The Morgan fingerprint density at radius 3 is 2.52 bits per heavy atom. The maximum Gasteiger partial charge on any atom is 0.191 e. The molecule has 1 unspecified atom stereocenters. The second-order valence-electron chi connectivity index (χ2n) is 6.43. The molecule has 1 atom stereocenters. The van der Waals surface area contributed by atoms with Crippen LogP contribution >= 0.6 is 11.3 Å². The van der Waals surface area contributed by atoms with Crippen molar-refractivity contribution in [3.05, 3.63) is 70.7 Å². The van der Waals surface area contributed by atoms with Gasteiger partial charge in [0.1, 0.15) is 17.1 Å². The Hall–Kier alpha value is -2.51. The van der Waals surface area contributed by atoms with Crippen LogP contribution in [-0.4, -0.2) is 30.7 Å². The third-order valence-corrected chi connectivity index (χ3v) is 5.02. The van der Waals surface area contributed by atoms with Crippen molar-refractivity contribution >= 4 is 17.3 Å². The van der Waals surface area contributed by atoms with E-state index in [0.717, 1.165) is 25.1 Å². The van der Waals surface area contributed by atoms with Gasteiger partial charge in [-0.3, -0.25) is 0 Å². The smallest absolute Gasteiger partial charge is 0.191 e. The van der Waals surface area contributed by atoms with Crippen molar-refractivity contribution in [1.29, 1.82) is 0 Å².